The highest BCUT2D eigenvalue weighted by atomic mass is 127. The first kappa shape index (κ1) is 9.51. The van der Waals surface area contributed by atoms with E-state index in [1.165, 1.54) is 0 Å². The van der Waals surface area contributed by atoms with Crippen molar-refractivity contribution in [1.29, 1.82) is 0 Å². The zero-order valence-corrected chi connectivity index (χ0v) is 9.43. The number of nitrogens with zero attached hydrogens (tertiary/aromatic N) is 1. The Hall–Kier alpha value is -1.04. The lowest BCUT2D eigenvalue weighted by atomic mass is 10.3. The molecule has 0 bridgehead atoms. The van der Waals surface area contributed by atoms with Crippen molar-refractivity contribution < 1.29 is 9.90 Å². The Kier molecular flexibility index (Phi) is 2.45. The number of carbonyl (C=O) groups is 1. The number of rotatable bonds is 1. The van der Waals surface area contributed by atoms with Crippen LogP contribution in [0.2, 0.25) is 0 Å². The zero-order valence-electron chi connectivity index (χ0n) is 7.27. The Morgan fingerprint density at radius 3 is 2.79 bits per heavy atom. The van der Waals surface area contributed by atoms with E-state index in [1.807, 2.05) is 28.7 Å². The van der Waals surface area contributed by atoms with E-state index < -0.39 is 0 Å². The fourth-order valence-electron chi connectivity index (χ4n) is 1.34. The third-order valence-electron chi connectivity index (χ3n) is 2.06. The maximum absolute atomic E-state index is 11.3. The summed E-state index contributed by atoms with van der Waals surface area (Å²) in [6.07, 6.45) is 3.38. The molecule has 1 aromatic carbocycles. The predicted octanol–water partition coefficient (Wildman–Crippen LogP) is 1.90. The van der Waals surface area contributed by atoms with Crippen molar-refractivity contribution in [1.82, 2.24) is 0 Å². The summed E-state index contributed by atoms with van der Waals surface area (Å²) in [7, 11) is 0. The van der Waals surface area contributed by atoms with Gasteiger partial charge in [0, 0.05) is 18.3 Å². The fourth-order valence-corrected chi connectivity index (χ4v) is 1.83. The smallest absolute Gasteiger partial charge is 0.251 e. The number of anilines is 1. The molecule has 14 heavy (non-hydrogen) atoms. The van der Waals surface area contributed by atoms with Crippen molar-refractivity contribution in [2.75, 3.05) is 11.4 Å². The molecule has 0 spiro atoms. The van der Waals surface area contributed by atoms with Crippen LogP contribution in [0.15, 0.2) is 30.4 Å². The molecule has 4 heteroatoms. The van der Waals surface area contributed by atoms with Crippen LogP contribution in [0.25, 0.3) is 0 Å². The number of aromatic hydroxyl groups is 1. The minimum atomic E-state index is -0.00788. The van der Waals surface area contributed by atoms with Gasteiger partial charge in [-0.3, -0.25) is 4.79 Å². The molecular weight excluding hydrogens is 293 g/mol. The molecule has 1 aliphatic rings. The van der Waals surface area contributed by atoms with Gasteiger partial charge in [0.1, 0.15) is 5.75 Å². The molecule has 2 rings (SSSR count). The van der Waals surface area contributed by atoms with Gasteiger partial charge in [-0.25, -0.2) is 0 Å². The molecular formula is C10H8INO2. The zero-order chi connectivity index (χ0) is 10.1. The SMILES string of the molecule is O=C1C=CCN1c1ccc(O)c(I)c1. The van der Waals surface area contributed by atoms with Crippen LogP contribution < -0.4 is 4.90 Å². The Labute approximate surface area is 95.2 Å². The van der Waals surface area contributed by atoms with E-state index in [0.29, 0.717) is 6.54 Å². The molecule has 0 fully saturated rings. The van der Waals surface area contributed by atoms with Gasteiger partial charge in [-0.05, 0) is 40.8 Å². The molecule has 0 atom stereocenters. The number of halogens is 1. The highest BCUT2D eigenvalue weighted by Gasteiger charge is 2.16. The van der Waals surface area contributed by atoms with Crippen molar-refractivity contribution in [3.8, 4) is 5.75 Å². The van der Waals surface area contributed by atoms with Gasteiger partial charge in [0.25, 0.3) is 5.91 Å². The van der Waals surface area contributed by atoms with Gasteiger partial charge in [0.05, 0.1) is 3.57 Å². The van der Waals surface area contributed by atoms with E-state index in [4.69, 9.17) is 0 Å². The lowest BCUT2D eigenvalue weighted by molar-refractivity contribution is -0.113. The van der Waals surface area contributed by atoms with Crippen LogP contribution in [0.3, 0.4) is 0 Å². The van der Waals surface area contributed by atoms with Gasteiger partial charge in [-0.1, -0.05) is 6.08 Å². The van der Waals surface area contributed by atoms with Crippen LogP contribution in [-0.4, -0.2) is 17.6 Å². The van der Waals surface area contributed by atoms with Crippen molar-refractivity contribution in [3.05, 3.63) is 33.9 Å². The summed E-state index contributed by atoms with van der Waals surface area (Å²) in [4.78, 5) is 13.0. The fraction of sp³-hybridized carbons (Fsp3) is 0.100. The lowest BCUT2D eigenvalue weighted by Crippen LogP contribution is -2.24. The third kappa shape index (κ3) is 1.61. The first-order valence-corrected chi connectivity index (χ1v) is 5.23. The predicted molar refractivity (Wildman–Crippen MR) is 62.3 cm³/mol. The normalized spacial score (nSPS) is 15.2. The minimum Gasteiger partial charge on any atom is -0.507 e. The first-order valence-electron chi connectivity index (χ1n) is 4.15. The van der Waals surface area contributed by atoms with Crippen molar-refractivity contribution >= 4 is 34.2 Å². The average molecular weight is 301 g/mol. The second kappa shape index (κ2) is 3.61. The summed E-state index contributed by atoms with van der Waals surface area (Å²) in [5, 5.41) is 9.33. The maximum atomic E-state index is 11.3. The largest absolute Gasteiger partial charge is 0.507 e. The lowest BCUT2D eigenvalue weighted by Gasteiger charge is -2.15. The van der Waals surface area contributed by atoms with Crippen LogP contribution >= 0.6 is 22.6 Å². The van der Waals surface area contributed by atoms with Gasteiger partial charge >= 0.3 is 0 Å². The highest BCUT2D eigenvalue weighted by molar-refractivity contribution is 14.1. The number of carbonyl (C=O) groups excluding carboxylic acids is 1. The number of phenolic OH excluding ortho intramolecular Hbond substituents is 1. The highest BCUT2D eigenvalue weighted by Crippen LogP contribution is 2.26. The average Bonchev–Trinajstić information content (AvgIpc) is 2.57. The second-order valence-corrected chi connectivity index (χ2v) is 4.15. The molecule has 0 saturated carbocycles. The molecule has 1 amide bonds. The van der Waals surface area contributed by atoms with E-state index in [-0.39, 0.29) is 11.7 Å². The van der Waals surface area contributed by atoms with Crippen LogP contribution in [0.1, 0.15) is 0 Å². The molecule has 3 nitrogen and oxygen atoms in total. The van der Waals surface area contributed by atoms with E-state index in [9.17, 15) is 9.90 Å². The Morgan fingerprint density at radius 2 is 2.21 bits per heavy atom. The Bertz CT molecular complexity index is 415. The summed E-state index contributed by atoms with van der Waals surface area (Å²) in [6, 6.07) is 5.13. The van der Waals surface area contributed by atoms with Crippen LogP contribution in [0, 0.1) is 3.57 Å². The number of phenols is 1. The van der Waals surface area contributed by atoms with Crippen molar-refractivity contribution in [2.45, 2.75) is 0 Å². The third-order valence-corrected chi connectivity index (χ3v) is 2.92. The second-order valence-electron chi connectivity index (χ2n) is 2.99. The molecule has 72 valence electrons. The van der Waals surface area contributed by atoms with Gasteiger partial charge in [0.2, 0.25) is 0 Å². The number of hydrogen-bond donors (Lipinski definition) is 1. The molecule has 1 N–H and O–H groups in total. The summed E-state index contributed by atoms with van der Waals surface area (Å²) >= 11 is 2.04. The van der Waals surface area contributed by atoms with Crippen LogP contribution in [0.5, 0.6) is 5.75 Å². The number of amides is 1. The van der Waals surface area contributed by atoms with E-state index in [2.05, 4.69) is 0 Å². The molecule has 1 aromatic rings. The minimum absolute atomic E-state index is 0.00788. The monoisotopic (exact) mass is 301 g/mol. The maximum Gasteiger partial charge on any atom is 0.251 e. The Balaban J connectivity index is 2.34. The molecule has 1 aliphatic heterocycles. The van der Waals surface area contributed by atoms with Crippen molar-refractivity contribution in [3.63, 3.8) is 0 Å². The van der Waals surface area contributed by atoms with Crippen molar-refractivity contribution in [2.24, 2.45) is 0 Å². The Morgan fingerprint density at radius 1 is 1.43 bits per heavy atom. The van der Waals surface area contributed by atoms with E-state index in [0.717, 1.165) is 9.26 Å². The summed E-state index contributed by atoms with van der Waals surface area (Å²) < 4.78 is 0.750. The molecule has 0 radical (unpaired) electrons. The van der Waals surface area contributed by atoms with Gasteiger partial charge in [0.15, 0.2) is 0 Å². The summed E-state index contributed by atoms with van der Waals surface area (Å²) in [5.41, 5.74) is 0.821. The standard InChI is InChI=1S/C10H8INO2/c11-8-6-7(3-4-9(8)13)12-5-1-2-10(12)14/h1-4,6,13H,5H2. The molecule has 0 saturated heterocycles. The van der Waals surface area contributed by atoms with Crippen LogP contribution in [0.4, 0.5) is 5.69 Å². The summed E-state index contributed by atoms with van der Waals surface area (Å²) in [6.45, 7) is 0.611. The van der Waals surface area contributed by atoms with E-state index >= 15 is 0 Å². The van der Waals surface area contributed by atoms with Gasteiger partial charge in [-0.2, -0.15) is 0 Å². The van der Waals surface area contributed by atoms with Gasteiger partial charge < -0.3 is 10.0 Å². The van der Waals surface area contributed by atoms with Crippen LogP contribution in [-0.2, 0) is 4.79 Å². The topological polar surface area (TPSA) is 40.5 Å². The molecule has 0 unspecified atom stereocenters. The first-order chi connectivity index (χ1) is 6.68. The number of benzene rings is 1. The number of hydrogen-bond acceptors (Lipinski definition) is 2. The van der Waals surface area contributed by atoms with Gasteiger partial charge in [-0.15, -0.1) is 0 Å². The quantitative estimate of drug-likeness (QED) is 0.805. The molecule has 1 heterocycles. The van der Waals surface area contributed by atoms with E-state index in [1.54, 1.807) is 29.2 Å². The summed E-state index contributed by atoms with van der Waals surface area (Å²) in [5.74, 6) is 0.237. The molecule has 0 aromatic heterocycles. The molecule has 0 aliphatic carbocycles.